The highest BCUT2D eigenvalue weighted by atomic mass is 35.5. The number of carbonyl (C=O) groups excluding carboxylic acids is 1. The average molecular weight is 433 g/mol. The molecule has 0 unspecified atom stereocenters. The van der Waals surface area contributed by atoms with E-state index in [-0.39, 0.29) is 23.0 Å². The average Bonchev–Trinajstić information content (AvgIpc) is 3.20. The molecule has 28 heavy (non-hydrogen) atoms. The number of rotatable bonds is 2. The summed E-state index contributed by atoms with van der Waals surface area (Å²) in [6.45, 7) is 1.15. The van der Waals surface area contributed by atoms with Crippen LogP contribution in [0.5, 0.6) is 0 Å². The number of nitrogens with one attached hydrogen (secondary N) is 1. The summed E-state index contributed by atoms with van der Waals surface area (Å²) < 4.78 is 42.1. The van der Waals surface area contributed by atoms with Crippen LogP contribution in [-0.4, -0.2) is 39.9 Å². The maximum atomic E-state index is 13.8. The molecule has 2 aromatic rings. The lowest BCUT2D eigenvalue weighted by Gasteiger charge is -2.32. The number of likely N-dealkylation sites (tertiary alicyclic amines) is 1. The third-order valence-corrected chi connectivity index (χ3v) is 6.62. The van der Waals surface area contributed by atoms with Crippen LogP contribution in [0, 0.1) is 0 Å². The summed E-state index contributed by atoms with van der Waals surface area (Å²) in [7, 11) is 0. The lowest BCUT2D eigenvalue weighted by atomic mass is 10.0. The van der Waals surface area contributed by atoms with Crippen LogP contribution in [0.4, 0.5) is 19.0 Å². The fraction of sp³-hybridized carbons (Fsp3) is 0.556. The van der Waals surface area contributed by atoms with E-state index in [0.29, 0.717) is 13.1 Å². The molecule has 152 valence electrons. The van der Waals surface area contributed by atoms with Gasteiger partial charge in [-0.2, -0.15) is 18.3 Å². The Morgan fingerprint density at radius 3 is 2.57 bits per heavy atom. The normalized spacial score (nSPS) is 23.1. The largest absolute Gasteiger partial charge is 0.410 e. The smallest absolute Gasteiger partial charge is 0.361 e. The monoisotopic (exact) mass is 432 g/mol. The molecule has 10 heteroatoms. The highest BCUT2D eigenvalue weighted by Gasteiger charge is 2.48. The summed E-state index contributed by atoms with van der Waals surface area (Å²) in [5.41, 5.74) is -0.104. The summed E-state index contributed by atoms with van der Waals surface area (Å²) in [5.74, 6) is -0.337. The van der Waals surface area contributed by atoms with Gasteiger partial charge in [-0.1, -0.05) is 30.5 Å². The minimum absolute atomic E-state index is 0.0373. The molecule has 1 saturated heterocycles. The van der Waals surface area contributed by atoms with Crippen molar-refractivity contribution in [2.24, 2.45) is 0 Å². The summed E-state index contributed by atoms with van der Waals surface area (Å²) in [6, 6.07) is 1.22. The second kappa shape index (κ2) is 7.59. The first-order chi connectivity index (χ1) is 13.4. The molecule has 0 saturated carbocycles. The highest BCUT2D eigenvalue weighted by Crippen LogP contribution is 2.47. The SMILES string of the molecule is O=C(c1nn2c(c1Cl)N[C@@H](c1cccs1)C[C@@H]2C(F)(F)F)N1CCCCCC1. The molecule has 5 nitrogen and oxygen atoms in total. The Bertz CT molecular complexity index is 844. The van der Waals surface area contributed by atoms with Gasteiger partial charge in [-0.3, -0.25) is 4.79 Å². The van der Waals surface area contributed by atoms with Gasteiger partial charge in [0.2, 0.25) is 0 Å². The fourth-order valence-electron chi connectivity index (χ4n) is 3.83. The van der Waals surface area contributed by atoms with Crippen LogP contribution in [0.2, 0.25) is 5.02 Å². The number of amides is 1. The van der Waals surface area contributed by atoms with E-state index in [9.17, 15) is 18.0 Å². The number of anilines is 1. The molecule has 0 spiro atoms. The number of hydrogen-bond acceptors (Lipinski definition) is 4. The standard InChI is InChI=1S/C18H20ClF3N4OS/c19-14-15(17(27)25-7-3-1-2-4-8-25)24-26-13(18(20,21)22)10-11(23-16(14)26)12-6-5-9-28-12/h5-6,9,11,13,23H,1-4,7-8,10H2/t11-,13-/m1/s1. The van der Waals surface area contributed by atoms with Crippen molar-refractivity contribution in [2.45, 2.75) is 50.4 Å². The number of hydrogen-bond donors (Lipinski definition) is 1. The first-order valence-corrected chi connectivity index (χ1v) is 10.6. The van der Waals surface area contributed by atoms with Gasteiger partial charge >= 0.3 is 6.18 Å². The van der Waals surface area contributed by atoms with Crippen molar-refractivity contribution in [1.82, 2.24) is 14.7 Å². The van der Waals surface area contributed by atoms with E-state index in [1.807, 2.05) is 5.38 Å². The molecule has 1 amide bonds. The van der Waals surface area contributed by atoms with Gasteiger partial charge in [0.15, 0.2) is 11.7 Å². The van der Waals surface area contributed by atoms with Crippen molar-refractivity contribution in [1.29, 1.82) is 0 Å². The number of thiophene rings is 1. The summed E-state index contributed by atoms with van der Waals surface area (Å²) in [6.07, 6.45) is -0.868. The van der Waals surface area contributed by atoms with E-state index in [2.05, 4.69) is 10.4 Å². The van der Waals surface area contributed by atoms with Gasteiger partial charge in [0.1, 0.15) is 10.8 Å². The number of alkyl halides is 3. The van der Waals surface area contributed by atoms with Crippen molar-refractivity contribution < 1.29 is 18.0 Å². The zero-order valence-corrected chi connectivity index (χ0v) is 16.6. The summed E-state index contributed by atoms with van der Waals surface area (Å²) in [4.78, 5) is 15.4. The first kappa shape index (κ1) is 19.6. The molecule has 1 fully saturated rings. The molecule has 4 rings (SSSR count). The van der Waals surface area contributed by atoms with Crippen LogP contribution in [0.15, 0.2) is 17.5 Å². The minimum atomic E-state index is -4.50. The van der Waals surface area contributed by atoms with Gasteiger partial charge in [-0.15, -0.1) is 11.3 Å². The van der Waals surface area contributed by atoms with Gasteiger partial charge in [0.25, 0.3) is 5.91 Å². The van der Waals surface area contributed by atoms with Gasteiger partial charge in [0, 0.05) is 24.4 Å². The second-order valence-electron chi connectivity index (χ2n) is 7.17. The number of fused-ring (bicyclic) bond motifs is 1. The number of carbonyl (C=O) groups is 1. The lowest BCUT2D eigenvalue weighted by Crippen LogP contribution is -2.36. The van der Waals surface area contributed by atoms with E-state index in [4.69, 9.17) is 11.6 Å². The molecule has 0 radical (unpaired) electrons. The van der Waals surface area contributed by atoms with Crippen LogP contribution in [0.3, 0.4) is 0 Å². The van der Waals surface area contributed by atoms with Crippen LogP contribution < -0.4 is 5.32 Å². The van der Waals surface area contributed by atoms with Gasteiger partial charge in [0.05, 0.1) is 6.04 Å². The topological polar surface area (TPSA) is 50.2 Å². The van der Waals surface area contributed by atoms with E-state index in [0.717, 1.165) is 35.2 Å². The Balaban J connectivity index is 1.70. The summed E-state index contributed by atoms with van der Waals surface area (Å²) in [5, 5.41) is 8.89. The maximum Gasteiger partial charge on any atom is 0.410 e. The quantitative estimate of drug-likeness (QED) is 0.702. The van der Waals surface area contributed by atoms with Crippen molar-refractivity contribution in [3.05, 3.63) is 33.1 Å². The molecule has 4 heterocycles. The van der Waals surface area contributed by atoms with Crippen molar-refractivity contribution >= 4 is 34.7 Å². The molecule has 2 aliphatic rings. The zero-order valence-electron chi connectivity index (χ0n) is 15.0. The highest BCUT2D eigenvalue weighted by molar-refractivity contribution is 7.10. The second-order valence-corrected chi connectivity index (χ2v) is 8.52. The third-order valence-electron chi connectivity index (χ3n) is 5.28. The van der Waals surface area contributed by atoms with Crippen molar-refractivity contribution in [3.8, 4) is 0 Å². The number of nitrogens with zero attached hydrogens (tertiary/aromatic N) is 3. The third kappa shape index (κ3) is 3.61. The molecule has 0 aromatic carbocycles. The van der Waals surface area contributed by atoms with Crippen LogP contribution in [0.25, 0.3) is 0 Å². The van der Waals surface area contributed by atoms with Gasteiger partial charge < -0.3 is 10.2 Å². The molecule has 2 aromatic heterocycles. The predicted octanol–water partition coefficient (Wildman–Crippen LogP) is 5.27. The van der Waals surface area contributed by atoms with Crippen molar-refractivity contribution in [2.75, 3.05) is 18.4 Å². The van der Waals surface area contributed by atoms with Crippen LogP contribution >= 0.6 is 22.9 Å². The van der Waals surface area contributed by atoms with Crippen LogP contribution in [0.1, 0.15) is 59.6 Å². The Morgan fingerprint density at radius 2 is 1.96 bits per heavy atom. The molecule has 1 N–H and O–H groups in total. The Kier molecular flexibility index (Phi) is 5.30. The van der Waals surface area contributed by atoms with E-state index < -0.39 is 24.2 Å². The van der Waals surface area contributed by atoms with E-state index in [1.165, 1.54) is 11.3 Å². The lowest BCUT2D eigenvalue weighted by molar-refractivity contribution is -0.173. The fourth-order valence-corrected chi connectivity index (χ4v) is 4.88. The van der Waals surface area contributed by atoms with Crippen molar-refractivity contribution in [3.63, 3.8) is 0 Å². The Labute approximate surface area is 169 Å². The summed E-state index contributed by atoms with van der Waals surface area (Å²) >= 11 is 7.77. The molecule has 2 atom stereocenters. The zero-order chi connectivity index (χ0) is 19.9. The molecule has 0 bridgehead atoms. The molecular weight excluding hydrogens is 413 g/mol. The van der Waals surface area contributed by atoms with E-state index >= 15 is 0 Å². The predicted molar refractivity (Wildman–Crippen MR) is 102 cm³/mol. The first-order valence-electron chi connectivity index (χ1n) is 9.30. The Morgan fingerprint density at radius 1 is 1.25 bits per heavy atom. The van der Waals surface area contributed by atoms with E-state index in [1.54, 1.807) is 17.0 Å². The van der Waals surface area contributed by atoms with Crippen LogP contribution in [-0.2, 0) is 0 Å². The molecular formula is C18H20ClF3N4OS. The maximum absolute atomic E-state index is 13.8. The molecule has 2 aliphatic heterocycles. The number of halogens is 4. The minimum Gasteiger partial charge on any atom is -0.361 e. The van der Waals surface area contributed by atoms with Gasteiger partial charge in [-0.25, -0.2) is 4.68 Å². The Hall–Kier alpha value is -1.74. The van der Waals surface area contributed by atoms with Gasteiger partial charge in [-0.05, 0) is 24.3 Å². The number of aromatic nitrogens is 2. The molecule has 0 aliphatic carbocycles.